The minimum atomic E-state index is -3.60. The van der Waals surface area contributed by atoms with Crippen molar-refractivity contribution in [3.05, 3.63) is 111 Å². The molecule has 0 aliphatic heterocycles. The van der Waals surface area contributed by atoms with Crippen LogP contribution in [0.5, 0.6) is 0 Å². The first kappa shape index (κ1) is 30.2. The van der Waals surface area contributed by atoms with Crippen molar-refractivity contribution in [1.29, 1.82) is 0 Å². The molecule has 4 heteroatoms. The molecule has 0 saturated heterocycles. The molecule has 3 aromatic carbocycles. The van der Waals surface area contributed by atoms with E-state index in [-0.39, 0.29) is 24.8 Å². The van der Waals surface area contributed by atoms with Gasteiger partial charge in [0, 0.05) is 0 Å². The number of benzene rings is 3. The van der Waals surface area contributed by atoms with Gasteiger partial charge in [0.05, 0.1) is 0 Å². The van der Waals surface area contributed by atoms with E-state index in [4.69, 9.17) is 0 Å². The number of halogens is 2. The Morgan fingerprint density at radius 1 is 0.622 bits per heavy atom. The van der Waals surface area contributed by atoms with E-state index >= 15 is 0 Å². The second kappa shape index (κ2) is 10.7. The molecule has 0 saturated carbocycles. The van der Waals surface area contributed by atoms with E-state index in [1.165, 1.54) is 22.3 Å². The summed E-state index contributed by atoms with van der Waals surface area (Å²) in [7, 11) is 2.44. The van der Waals surface area contributed by atoms with E-state index in [0.29, 0.717) is 20.3 Å². The summed E-state index contributed by atoms with van der Waals surface area (Å²) in [6.45, 7) is 14.2. The molecule has 0 bridgehead atoms. The Morgan fingerprint density at radius 3 is 1.41 bits per heavy atom. The molecule has 0 amide bonds. The van der Waals surface area contributed by atoms with Crippen molar-refractivity contribution < 1.29 is 14.0 Å². The van der Waals surface area contributed by atoms with Gasteiger partial charge in [0.25, 0.3) is 0 Å². The first-order valence-electron chi connectivity index (χ1n) is 13.3. The van der Waals surface area contributed by atoms with Crippen molar-refractivity contribution in [2.24, 2.45) is 0 Å². The normalized spacial score (nSPS) is 18.5. The zero-order chi connectivity index (χ0) is 25.1. The van der Waals surface area contributed by atoms with E-state index < -0.39 is 14.0 Å². The zero-order valence-corrected chi connectivity index (χ0v) is 27.9. The van der Waals surface area contributed by atoms with Gasteiger partial charge in [-0.25, -0.2) is 0 Å². The molecule has 0 fully saturated rings. The van der Waals surface area contributed by atoms with E-state index in [2.05, 4.69) is 133 Å². The molecule has 196 valence electrons. The van der Waals surface area contributed by atoms with Crippen molar-refractivity contribution in [3.8, 4) is 0 Å². The number of allylic oxidation sites excluding steroid dienone is 2. The fraction of sp³-hybridized carbons (Fsp3) is 0.333. The Morgan fingerprint density at radius 2 is 1.03 bits per heavy atom. The van der Waals surface area contributed by atoms with Crippen LogP contribution in [0.2, 0.25) is 5.23 Å². The van der Waals surface area contributed by atoms with Crippen LogP contribution in [0.4, 0.5) is 0 Å². The molecule has 5 rings (SSSR count). The quantitative estimate of drug-likeness (QED) is 0.262. The van der Waals surface area contributed by atoms with Gasteiger partial charge < -0.3 is 0 Å². The molecule has 0 nitrogen and oxygen atoms in total. The Hall–Kier alpha value is -1.35. The monoisotopic (exact) mass is 584 g/mol. The van der Waals surface area contributed by atoms with Crippen LogP contribution in [-0.2, 0) is 14.0 Å². The first-order chi connectivity index (χ1) is 16.5. The SMILES string of the molecule is CC1=Cc2c(C(C)C)cccc2[CH]1[Ti]([CH3])(=[SiH2])([c]1ccccc1)[CH]1C(C)=Cc2c(C(C)C)cccc21.Cl.Cl. The van der Waals surface area contributed by atoms with Crippen molar-refractivity contribution in [2.45, 2.75) is 67.1 Å². The summed E-state index contributed by atoms with van der Waals surface area (Å²) in [5.74, 6) is 1.06. The van der Waals surface area contributed by atoms with Gasteiger partial charge in [-0.05, 0) is 0 Å². The van der Waals surface area contributed by atoms with Crippen LogP contribution in [0.25, 0.3) is 12.2 Å². The van der Waals surface area contributed by atoms with Crippen molar-refractivity contribution in [3.63, 3.8) is 0 Å². The Balaban J connectivity index is 0.00000190. The van der Waals surface area contributed by atoms with Gasteiger partial charge in [0.15, 0.2) is 0 Å². The summed E-state index contributed by atoms with van der Waals surface area (Å²) in [6.07, 6.45) is 5.08. The molecule has 2 atom stereocenters. The molecule has 2 unspecified atom stereocenters. The maximum absolute atomic E-state index is 3.60. The summed E-state index contributed by atoms with van der Waals surface area (Å²) in [5.41, 5.74) is 12.3. The Labute approximate surface area is 239 Å². The average Bonchev–Trinajstić information content (AvgIpc) is 3.35. The van der Waals surface area contributed by atoms with E-state index in [0.717, 1.165) is 0 Å². The van der Waals surface area contributed by atoms with Crippen LogP contribution in [0.15, 0.2) is 77.9 Å². The Kier molecular flexibility index (Phi) is 8.71. The second-order valence-electron chi connectivity index (χ2n) is 12.2. The smallest absolute Gasteiger partial charge is 0.147 e. The third kappa shape index (κ3) is 4.50. The minimum Gasteiger partial charge on any atom is -0.147 e. The molecule has 3 aromatic rings. The van der Waals surface area contributed by atoms with Gasteiger partial charge in [-0.2, -0.15) is 0 Å². The third-order valence-corrected chi connectivity index (χ3v) is 24.6. The van der Waals surface area contributed by atoms with Gasteiger partial charge >= 0.3 is 216 Å². The van der Waals surface area contributed by atoms with E-state index in [9.17, 15) is 0 Å². The van der Waals surface area contributed by atoms with Gasteiger partial charge in [-0.3, -0.25) is 0 Å². The number of rotatable bonds is 5. The summed E-state index contributed by atoms with van der Waals surface area (Å²) in [5, 5.41) is 2.75. The second-order valence-corrected chi connectivity index (χ2v) is 29.6. The standard InChI is InChI=1S/2C13H15.C6H5.CH3.2ClH.H2Si.Ti/c2*1-9(2)12-6-4-5-11-7-10(3)8-13(11)12;1-2-4-6-5-3-1;;;;;/h2*4-9H,1-3H3;1-5H;1H3;2*1H;1H2;. The fourth-order valence-corrected chi connectivity index (χ4v) is 24.2. The van der Waals surface area contributed by atoms with Crippen LogP contribution in [0.1, 0.15) is 95.2 Å². The van der Waals surface area contributed by atoms with Gasteiger partial charge in [-0.1, -0.05) is 0 Å². The molecular weight excluding hydrogens is 543 g/mol. The van der Waals surface area contributed by atoms with Crippen molar-refractivity contribution in [2.75, 3.05) is 0 Å². The molecule has 0 spiro atoms. The zero-order valence-electron chi connectivity index (χ0n) is 23.3. The summed E-state index contributed by atoms with van der Waals surface area (Å²) < 4.78 is 2.59. The van der Waals surface area contributed by atoms with Crippen LogP contribution in [0.3, 0.4) is 0 Å². The summed E-state index contributed by atoms with van der Waals surface area (Å²) in [6, 6.07) is 25.9. The predicted octanol–water partition coefficient (Wildman–Crippen LogP) is 9.00. The number of fused-ring (bicyclic) bond motifs is 2. The number of hydrogen-bond donors (Lipinski definition) is 0. The molecule has 0 heterocycles. The summed E-state index contributed by atoms with van der Waals surface area (Å²) >= 11 is -3.60. The molecule has 2 aliphatic rings. The topological polar surface area (TPSA) is 0 Å². The summed E-state index contributed by atoms with van der Waals surface area (Å²) in [4.78, 5) is 0. The van der Waals surface area contributed by atoms with E-state index in [1.54, 1.807) is 26.1 Å². The van der Waals surface area contributed by atoms with Crippen LogP contribution >= 0.6 is 24.8 Å². The van der Waals surface area contributed by atoms with Crippen LogP contribution in [-0.4, -0.2) is 7.63 Å². The molecule has 0 radical (unpaired) electrons. The first-order valence-corrected chi connectivity index (χ1v) is 21.4. The fourth-order valence-electron chi connectivity index (χ4n) is 7.71. The average molecular weight is 586 g/mol. The van der Waals surface area contributed by atoms with Crippen LogP contribution < -0.4 is 3.87 Å². The van der Waals surface area contributed by atoms with Crippen molar-refractivity contribution >= 4 is 48.5 Å². The number of hydrogen-bond acceptors (Lipinski definition) is 0. The van der Waals surface area contributed by atoms with Gasteiger partial charge in [0.1, 0.15) is 0 Å². The van der Waals surface area contributed by atoms with Crippen LogP contribution in [0, 0.1) is 0 Å². The minimum absolute atomic E-state index is 0. The molecule has 37 heavy (non-hydrogen) atoms. The maximum Gasteiger partial charge on any atom is -0.147 e. The molecule has 0 N–H and O–H groups in total. The third-order valence-electron chi connectivity index (χ3n) is 9.08. The van der Waals surface area contributed by atoms with Gasteiger partial charge in [0.2, 0.25) is 0 Å². The van der Waals surface area contributed by atoms with E-state index in [1.807, 2.05) is 0 Å². The predicted molar refractivity (Wildman–Crippen MR) is 169 cm³/mol. The largest absolute Gasteiger partial charge is 0.147 e. The molecule has 2 aliphatic carbocycles. The maximum atomic E-state index is 2.75. The van der Waals surface area contributed by atoms with Gasteiger partial charge in [-0.15, -0.1) is 24.8 Å². The molecule has 0 aromatic heterocycles. The Bertz CT molecular complexity index is 1360. The molecular formula is C33H42Cl2SiTi. The van der Waals surface area contributed by atoms with Crippen molar-refractivity contribution in [1.82, 2.24) is 0 Å².